The van der Waals surface area contributed by atoms with Gasteiger partial charge in [-0.15, -0.1) is 10.2 Å². The van der Waals surface area contributed by atoms with Gasteiger partial charge >= 0.3 is 17.9 Å². The number of hydrogen-bond donors (Lipinski definition) is 0. The van der Waals surface area contributed by atoms with E-state index >= 15 is 0 Å². The highest BCUT2D eigenvalue weighted by molar-refractivity contribution is 14.1. The van der Waals surface area contributed by atoms with Crippen LogP contribution in [0.5, 0.6) is 0 Å². The van der Waals surface area contributed by atoms with E-state index < -0.39 is 42.4 Å². The molecule has 3 aromatic rings. The number of imidazole rings is 1. The van der Waals surface area contributed by atoms with Gasteiger partial charge in [-0.05, 0) is 0 Å². The van der Waals surface area contributed by atoms with Gasteiger partial charge < -0.3 is 18.9 Å². The molecule has 0 radical (unpaired) electrons. The van der Waals surface area contributed by atoms with Crippen LogP contribution in [0.15, 0.2) is 12.7 Å². The fraction of sp³-hybridized carbons (Fsp3) is 0.471. The van der Waals surface area contributed by atoms with Crippen LogP contribution in [0.25, 0.3) is 16.8 Å². The lowest BCUT2D eigenvalue weighted by atomic mass is 10.1. The zero-order chi connectivity index (χ0) is 22.3. The van der Waals surface area contributed by atoms with Crippen molar-refractivity contribution in [2.75, 3.05) is 6.61 Å². The van der Waals surface area contributed by atoms with Crippen LogP contribution in [0.2, 0.25) is 0 Å². The Morgan fingerprint density at radius 3 is 2.45 bits per heavy atom. The Kier molecular flexibility index (Phi) is 5.74. The molecule has 3 aromatic heterocycles. The van der Waals surface area contributed by atoms with Crippen LogP contribution >= 0.6 is 22.6 Å². The highest BCUT2D eigenvalue weighted by Crippen LogP contribution is 2.36. The first-order valence-electron chi connectivity index (χ1n) is 9.11. The van der Waals surface area contributed by atoms with E-state index in [0.29, 0.717) is 20.6 Å². The van der Waals surface area contributed by atoms with E-state index in [4.69, 9.17) is 18.9 Å². The van der Waals surface area contributed by atoms with Gasteiger partial charge in [0, 0.05) is 43.4 Å². The lowest BCUT2D eigenvalue weighted by molar-refractivity contribution is -0.166. The van der Waals surface area contributed by atoms with Gasteiger partial charge in [0.1, 0.15) is 19.0 Å². The first-order chi connectivity index (χ1) is 14.8. The first-order valence-corrected chi connectivity index (χ1v) is 10.2. The second-order valence-electron chi connectivity index (χ2n) is 6.75. The van der Waals surface area contributed by atoms with E-state index in [0.717, 1.165) is 0 Å². The number of aromatic nitrogens is 6. The molecule has 1 saturated heterocycles. The molecular formula is C17H17IN6O7. The number of fused-ring (bicyclic) bond motifs is 3. The molecule has 0 aromatic carbocycles. The molecule has 0 saturated carbocycles. The fourth-order valence-electron chi connectivity index (χ4n) is 3.40. The normalized spacial score (nSPS) is 23.2. The molecule has 4 atom stereocenters. The number of halogens is 1. The Morgan fingerprint density at radius 1 is 1.06 bits per heavy atom. The number of esters is 3. The summed E-state index contributed by atoms with van der Waals surface area (Å²) in [6, 6.07) is 0. The topological polar surface area (TPSA) is 149 Å². The van der Waals surface area contributed by atoms with Crippen molar-refractivity contribution in [1.29, 1.82) is 0 Å². The molecule has 1 aliphatic heterocycles. The Hall–Kier alpha value is -2.88. The second kappa shape index (κ2) is 8.33. The minimum Gasteiger partial charge on any atom is -0.463 e. The third-order valence-corrected chi connectivity index (χ3v) is 5.30. The zero-order valence-electron chi connectivity index (χ0n) is 16.6. The van der Waals surface area contributed by atoms with Gasteiger partial charge in [-0.3, -0.25) is 23.4 Å². The first kappa shape index (κ1) is 21.4. The van der Waals surface area contributed by atoms with E-state index in [2.05, 4.69) is 20.2 Å². The monoisotopic (exact) mass is 544 g/mol. The molecule has 0 bridgehead atoms. The molecule has 0 aliphatic carbocycles. The van der Waals surface area contributed by atoms with E-state index in [1.807, 2.05) is 22.6 Å². The average molecular weight is 544 g/mol. The second-order valence-corrected chi connectivity index (χ2v) is 7.71. The van der Waals surface area contributed by atoms with Crippen LogP contribution in [-0.4, -0.2) is 72.0 Å². The summed E-state index contributed by atoms with van der Waals surface area (Å²) in [7, 11) is 0. The summed E-state index contributed by atoms with van der Waals surface area (Å²) >= 11 is 2.03. The Bertz CT molecular complexity index is 1180. The number of carbonyl (C=O) groups is 3. The van der Waals surface area contributed by atoms with E-state index in [9.17, 15) is 14.4 Å². The molecular weight excluding hydrogens is 527 g/mol. The smallest absolute Gasteiger partial charge is 0.303 e. The molecule has 1 aliphatic rings. The number of carbonyl (C=O) groups excluding carboxylic acids is 3. The molecule has 1 fully saturated rings. The minimum atomic E-state index is -1.03. The number of hydrogen-bond acceptors (Lipinski definition) is 11. The number of ether oxygens (including phenoxy) is 4. The Morgan fingerprint density at radius 2 is 1.77 bits per heavy atom. The molecule has 0 unspecified atom stereocenters. The van der Waals surface area contributed by atoms with Gasteiger partial charge in [0.15, 0.2) is 39.1 Å². The van der Waals surface area contributed by atoms with Crippen molar-refractivity contribution in [3.8, 4) is 0 Å². The Balaban J connectivity index is 1.79. The SMILES string of the molecule is CC(=O)OC[C@H]1O[C@@H](n2cnc3c2nc(I)n2cnnc32)[C@H](OC(C)=O)[C@@H]1OC(C)=O. The molecule has 4 heterocycles. The van der Waals surface area contributed by atoms with Crippen LogP contribution in [-0.2, 0) is 33.3 Å². The van der Waals surface area contributed by atoms with Crippen LogP contribution in [0.3, 0.4) is 0 Å². The largest absolute Gasteiger partial charge is 0.463 e. The summed E-state index contributed by atoms with van der Waals surface area (Å²) in [5.74, 6) is -1.74. The van der Waals surface area contributed by atoms with Gasteiger partial charge in [-0.1, -0.05) is 0 Å². The van der Waals surface area contributed by atoms with Crippen molar-refractivity contribution < 1.29 is 33.3 Å². The minimum absolute atomic E-state index is 0.201. The predicted octanol–water partition coefficient (Wildman–Crippen LogP) is 0.402. The van der Waals surface area contributed by atoms with Crippen molar-refractivity contribution in [2.45, 2.75) is 45.3 Å². The summed E-state index contributed by atoms with van der Waals surface area (Å²) in [4.78, 5) is 43.7. The highest BCUT2D eigenvalue weighted by atomic mass is 127. The summed E-state index contributed by atoms with van der Waals surface area (Å²) in [5, 5.41) is 7.96. The van der Waals surface area contributed by atoms with Gasteiger partial charge in [0.05, 0.1) is 6.33 Å². The molecule has 4 rings (SSSR count). The van der Waals surface area contributed by atoms with Crippen molar-refractivity contribution in [3.63, 3.8) is 0 Å². The van der Waals surface area contributed by atoms with Crippen LogP contribution in [0, 0.1) is 3.83 Å². The summed E-state index contributed by atoms with van der Waals surface area (Å²) < 4.78 is 25.7. The van der Waals surface area contributed by atoms with Gasteiger partial charge in [0.2, 0.25) is 0 Å². The molecule has 14 heteroatoms. The van der Waals surface area contributed by atoms with Crippen LogP contribution in [0.1, 0.15) is 27.0 Å². The summed E-state index contributed by atoms with van der Waals surface area (Å²) in [5.41, 5.74) is 1.35. The van der Waals surface area contributed by atoms with Crippen molar-refractivity contribution >= 4 is 57.3 Å². The molecule has 0 spiro atoms. The van der Waals surface area contributed by atoms with Gasteiger partial charge in [-0.2, -0.15) is 0 Å². The van der Waals surface area contributed by atoms with E-state index in [-0.39, 0.29) is 6.61 Å². The van der Waals surface area contributed by atoms with Crippen LogP contribution in [0.4, 0.5) is 0 Å². The maximum absolute atomic E-state index is 11.8. The van der Waals surface area contributed by atoms with Crippen LogP contribution < -0.4 is 0 Å². The molecule has 0 N–H and O–H groups in total. The lowest BCUT2D eigenvalue weighted by Crippen LogP contribution is -2.40. The third-order valence-electron chi connectivity index (χ3n) is 4.54. The van der Waals surface area contributed by atoms with Gasteiger partial charge in [0.25, 0.3) is 0 Å². The lowest BCUT2D eigenvalue weighted by Gasteiger charge is -2.23. The van der Waals surface area contributed by atoms with Crippen molar-refractivity contribution in [3.05, 3.63) is 16.5 Å². The predicted molar refractivity (Wildman–Crippen MR) is 108 cm³/mol. The maximum atomic E-state index is 11.8. The molecule has 13 nitrogen and oxygen atoms in total. The molecule has 164 valence electrons. The fourth-order valence-corrected chi connectivity index (χ4v) is 3.98. The average Bonchev–Trinajstić information content (AvgIpc) is 3.38. The number of nitrogens with zero attached hydrogens (tertiary/aromatic N) is 6. The summed E-state index contributed by atoms with van der Waals surface area (Å²) in [6.07, 6.45) is -0.903. The molecule has 0 amide bonds. The maximum Gasteiger partial charge on any atom is 0.303 e. The standard InChI is InChI=1S/C17H17IN6O7/c1-7(25)28-4-10-12(29-8(2)26)13(30-9(3)27)16(31-10)23-5-19-11-14(23)21-17(18)24-6-20-22-15(11)24/h5-6,10,12-13,16H,4H2,1-3H3/t10-,12-,13-,16-/m1/s1. The van der Waals surface area contributed by atoms with E-state index in [1.165, 1.54) is 33.4 Å². The highest BCUT2D eigenvalue weighted by Gasteiger charge is 2.51. The van der Waals surface area contributed by atoms with Gasteiger partial charge in [-0.25, -0.2) is 9.97 Å². The number of rotatable bonds is 5. The Labute approximate surface area is 188 Å². The summed E-state index contributed by atoms with van der Waals surface area (Å²) in [6.45, 7) is 3.50. The third kappa shape index (κ3) is 4.04. The van der Waals surface area contributed by atoms with Crippen molar-refractivity contribution in [1.82, 2.24) is 29.1 Å². The zero-order valence-corrected chi connectivity index (χ0v) is 18.7. The van der Waals surface area contributed by atoms with Crippen molar-refractivity contribution in [2.24, 2.45) is 0 Å². The molecule has 31 heavy (non-hydrogen) atoms. The quantitative estimate of drug-likeness (QED) is 0.190. The van der Waals surface area contributed by atoms with E-state index in [1.54, 1.807) is 8.97 Å².